The van der Waals surface area contributed by atoms with Crippen molar-refractivity contribution in [2.45, 2.75) is 17.9 Å². The summed E-state index contributed by atoms with van der Waals surface area (Å²) in [6.45, 7) is 0.502. The van der Waals surface area contributed by atoms with Gasteiger partial charge in [0.1, 0.15) is 5.76 Å². The van der Waals surface area contributed by atoms with Crippen LogP contribution in [0.3, 0.4) is 0 Å². The zero-order valence-electron chi connectivity index (χ0n) is 15.0. The molecule has 0 aliphatic heterocycles. The van der Waals surface area contributed by atoms with Crippen LogP contribution in [0.1, 0.15) is 21.7 Å². The number of carboxylic acid groups (broad SMARTS) is 1. The average molecular weight is 400 g/mol. The number of hydrogen-bond acceptors (Lipinski definition) is 5. The molecule has 0 amide bonds. The van der Waals surface area contributed by atoms with Gasteiger partial charge in [0, 0.05) is 12.2 Å². The maximum absolute atomic E-state index is 12.4. The lowest BCUT2D eigenvalue weighted by Gasteiger charge is -2.12. The predicted molar refractivity (Wildman–Crippen MR) is 105 cm³/mol. The van der Waals surface area contributed by atoms with Crippen molar-refractivity contribution in [2.24, 2.45) is 0 Å². The number of carboxylic acids is 1. The van der Waals surface area contributed by atoms with Crippen LogP contribution in [-0.4, -0.2) is 26.0 Å². The molecule has 8 heteroatoms. The second-order valence-corrected chi connectivity index (χ2v) is 7.85. The van der Waals surface area contributed by atoms with E-state index >= 15 is 0 Å². The lowest BCUT2D eigenvalue weighted by Crippen LogP contribution is -2.23. The number of furan rings is 1. The Morgan fingerprint density at radius 3 is 2.50 bits per heavy atom. The van der Waals surface area contributed by atoms with Gasteiger partial charge in [0.25, 0.3) is 0 Å². The fraction of sp³-hybridized carbons (Fsp3) is 0.150. The minimum Gasteiger partial charge on any atom is -0.478 e. The van der Waals surface area contributed by atoms with Crippen molar-refractivity contribution in [1.29, 1.82) is 0 Å². The summed E-state index contributed by atoms with van der Waals surface area (Å²) in [5.41, 5.74) is 1.38. The molecule has 146 valence electrons. The molecule has 0 saturated heterocycles. The van der Waals surface area contributed by atoms with Crippen LogP contribution in [-0.2, 0) is 23.0 Å². The average Bonchev–Trinajstić information content (AvgIpc) is 3.21. The Hall–Kier alpha value is -3.10. The van der Waals surface area contributed by atoms with Crippen LogP contribution in [0.5, 0.6) is 0 Å². The first-order chi connectivity index (χ1) is 13.5. The zero-order chi connectivity index (χ0) is 20.0. The monoisotopic (exact) mass is 400 g/mol. The van der Waals surface area contributed by atoms with Crippen molar-refractivity contribution < 1.29 is 22.7 Å². The van der Waals surface area contributed by atoms with Crippen LogP contribution in [0.2, 0.25) is 0 Å². The Bertz CT molecular complexity index is 1030. The normalized spacial score (nSPS) is 11.3. The summed E-state index contributed by atoms with van der Waals surface area (Å²) < 4.78 is 32.4. The Balaban J connectivity index is 1.72. The van der Waals surface area contributed by atoms with E-state index in [2.05, 4.69) is 10.0 Å². The van der Waals surface area contributed by atoms with Crippen LogP contribution >= 0.6 is 0 Å². The van der Waals surface area contributed by atoms with E-state index < -0.39 is 16.0 Å². The predicted octanol–water partition coefficient (Wildman–Crippen LogP) is 3.11. The van der Waals surface area contributed by atoms with Crippen molar-refractivity contribution in [2.75, 3.05) is 11.9 Å². The number of carbonyl (C=O) groups is 1. The molecular formula is C20H20N2O5S. The maximum Gasteiger partial charge on any atom is 0.337 e. The van der Waals surface area contributed by atoms with E-state index in [1.807, 2.05) is 30.3 Å². The molecule has 3 rings (SSSR count). The molecular weight excluding hydrogens is 380 g/mol. The number of nitrogens with one attached hydrogen (secondary N) is 2. The topological polar surface area (TPSA) is 109 Å². The molecule has 2 aromatic carbocycles. The zero-order valence-corrected chi connectivity index (χ0v) is 15.8. The Labute approximate surface area is 163 Å². The molecule has 1 heterocycles. The SMILES string of the molecule is O=C(O)c1cc(S(=O)(=O)NCc2ccco2)ccc1NCCc1ccccc1. The summed E-state index contributed by atoms with van der Waals surface area (Å²) in [6.07, 6.45) is 2.16. The van der Waals surface area contributed by atoms with Crippen molar-refractivity contribution >= 4 is 21.7 Å². The van der Waals surface area contributed by atoms with Crippen LogP contribution < -0.4 is 10.0 Å². The Morgan fingerprint density at radius 1 is 1.04 bits per heavy atom. The van der Waals surface area contributed by atoms with Crippen molar-refractivity contribution in [3.8, 4) is 0 Å². The van der Waals surface area contributed by atoms with Gasteiger partial charge in [-0.15, -0.1) is 0 Å². The van der Waals surface area contributed by atoms with Crippen LogP contribution in [0, 0.1) is 0 Å². The highest BCUT2D eigenvalue weighted by molar-refractivity contribution is 7.89. The van der Waals surface area contributed by atoms with Crippen molar-refractivity contribution in [3.05, 3.63) is 83.8 Å². The third kappa shape index (κ3) is 4.99. The van der Waals surface area contributed by atoms with Gasteiger partial charge in [-0.05, 0) is 42.3 Å². The summed E-state index contributed by atoms with van der Waals surface area (Å²) in [4.78, 5) is 11.5. The number of sulfonamides is 1. The van der Waals surface area contributed by atoms with Crippen molar-refractivity contribution in [1.82, 2.24) is 4.72 Å². The third-order valence-corrected chi connectivity index (χ3v) is 5.52. The molecule has 1 aromatic heterocycles. The van der Waals surface area contributed by atoms with Gasteiger partial charge >= 0.3 is 5.97 Å². The fourth-order valence-corrected chi connectivity index (χ4v) is 3.69. The summed E-state index contributed by atoms with van der Waals surface area (Å²) in [7, 11) is -3.87. The van der Waals surface area contributed by atoms with Gasteiger partial charge in [0.05, 0.1) is 23.3 Å². The Morgan fingerprint density at radius 2 is 1.82 bits per heavy atom. The largest absolute Gasteiger partial charge is 0.478 e. The number of anilines is 1. The van der Waals surface area contributed by atoms with Gasteiger partial charge in [-0.25, -0.2) is 17.9 Å². The number of hydrogen-bond donors (Lipinski definition) is 3. The first-order valence-corrected chi connectivity index (χ1v) is 10.1. The van der Waals surface area contributed by atoms with Crippen LogP contribution in [0.25, 0.3) is 0 Å². The summed E-state index contributed by atoms with van der Waals surface area (Å²) in [5.74, 6) is -0.744. The van der Waals surface area contributed by atoms with Gasteiger partial charge < -0.3 is 14.8 Å². The molecule has 0 aliphatic rings. The van der Waals surface area contributed by atoms with E-state index in [9.17, 15) is 18.3 Å². The number of aromatic carboxylic acids is 1. The van der Waals surface area contributed by atoms with Gasteiger partial charge in [-0.3, -0.25) is 0 Å². The number of benzene rings is 2. The molecule has 0 aliphatic carbocycles. The van der Waals surface area contributed by atoms with E-state index in [4.69, 9.17) is 4.42 Å². The summed E-state index contributed by atoms with van der Waals surface area (Å²) in [5, 5.41) is 12.5. The lowest BCUT2D eigenvalue weighted by atomic mass is 10.1. The maximum atomic E-state index is 12.4. The van der Waals surface area contributed by atoms with E-state index in [0.29, 0.717) is 24.4 Å². The minimum atomic E-state index is -3.87. The first-order valence-electron chi connectivity index (χ1n) is 8.63. The molecule has 0 bridgehead atoms. The molecule has 0 spiro atoms. The molecule has 0 unspecified atom stereocenters. The van der Waals surface area contributed by atoms with E-state index in [0.717, 1.165) is 11.6 Å². The van der Waals surface area contributed by atoms with Gasteiger partial charge in [0.2, 0.25) is 10.0 Å². The molecule has 3 N–H and O–H groups in total. The molecule has 7 nitrogen and oxygen atoms in total. The smallest absolute Gasteiger partial charge is 0.337 e. The fourth-order valence-electron chi connectivity index (χ4n) is 2.67. The van der Waals surface area contributed by atoms with Crippen LogP contribution in [0.15, 0.2) is 76.2 Å². The lowest BCUT2D eigenvalue weighted by molar-refractivity contribution is 0.0697. The highest BCUT2D eigenvalue weighted by Gasteiger charge is 2.19. The second kappa shape index (κ2) is 8.73. The van der Waals surface area contributed by atoms with E-state index in [1.165, 1.54) is 18.4 Å². The van der Waals surface area contributed by atoms with E-state index in [-0.39, 0.29) is 17.0 Å². The standard InChI is InChI=1S/C20H20N2O5S/c23-20(24)18-13-17(28(25,26)22-14-16-7-4-12-27-16)8-9-19(18)21-11-10-15-5-2-1-3-6-15/h1-9,12-13,21-22H,10-11,14H2,(H,23,24). The minimum absolute atomic E-state index is 0.0190. The second-order valence-electron chi connectivity index (χ2n) is 6.08. The molecule has 0 radical (unpaired) electrons. The molecule has 0 saturated carbocycles. The molecule has 0 fully saturated rings. The van der Waals surface area contributed by atoms with Gasteiger partial charge in [-0.1, -0.05) is 30.3 Å². The molecule has 28 heavy (non-hydrogen) atoms. The molecule has 0 atom stereocenters. The number of rotatable bonds is 9. The highest BCUT2D eigenvalue weighted by Crippen LogP contribution is 2.21. The third-order valence-electron chi connectivity index (χ3n) is 4.12. The quantitative estimate of drug-likeness (QED) is 0.509. The van der Waals surface area contributed by atoms with Crippen LogP contribution in [0.4, 0.5) is 5.69 Å². The highest BCUT2D eigenvalue weighted by atomic mass is 32.2. The van der Waals surface area contributed by atoms with Gasteiger partial charge in [-0.2, -0.15) is 0 Å². The molecule has 3 aromatic rings. The summed E-state index contributed by atoms with van der Waals surface area (Å²) >= 11 is 0. The van der Waals surface area contributed by atoms with Crippen molar-refractivity contribution in [3.63, 3.8) is 0 Å². The van der Waals surface area contributed by atoms with E-state index in [1.54, 1.807) is 12.1 Å². The summed E-state index contributed by atoms with van der Waals surface area (Å²) in [6, 6.07) is 17.1. The first kappa shape index (κ1) is 19.7. The Kier molecular flexibility index (Phi) is 6.13. The van der Waals surface area contributed by atoms with Gasteiger partial charge in [0.15, 0.2) is 0 Å².